The molecule has 0 aliphatic carbocycles. The molecule has 3 rings (SSSR count). The van der Waals surface area contributed by atoms with Crippen molar-refractivity contribution in [2.24, 2.45) is 0 Å². The van der Waals surface area contributed by atoms with E-state index in [2.05, 4.69) is 24.4 Å². The quantitative estimate of drug-likeness (QED) is 0.831. The van der Waals surface area contributed by atoms with Gasteiger partial charge in [0.1, 0.15) is 5.82 Å². The standard InChI is InChI=1S/C19H23FN2OS/c1-14-6-11-18(24-14)17-5-3-2-4-12-22(17)19(23)21-13-15-7-9-16(20)10-8-15/h6-11,17H,2-5,12-13H2,1H3,(H,21,23)/t17-/m1/s1. The maximum Gasteiger partial charge on any atom is 0.318 e. The van der Waals surface area contributed by atoms with E-state index in [4.69, 9.17) is 0 Å². The number of benzene rings is 1. The molecule has 1 aliphatic heterocycles. The summed E-state index contributed by atoms with van der Waals surface area (Å²) in [5.74, 6) is -0.259. The summed E-state index contributed by atoms with van der Waals surface area (Å²) in [5, 5.41) is 2.99. The number of carbonyl (C=O) groups is 1. The normalized spacial score (nSPS) is 18.2. The second kappa shape index (κ2) is 7.79. The van der Waals surface area contributed by atoms with Crippen LogP contribution in [0.2, 0.25) is 0 Å². The number of nitrogens with zero attached hydrogens (tertiary/aromatic N) is 1. The Kier molecular flexibility index (Phi) is 5.51. The molecule has 128 valence electrons. The van der Waals surface area contributed by atoms with Gasteiger partial charge < -0.3 is 10.2 Å². The lowest BCUT2D eigenvalue weighted by Crippen LogP contribution is -2.41. The van der Waals surface area contributed by atoms with Crippen LogP contribution >= 0.6 is 11.3 Å². The van der Waals surface area contributed by atoms with Gasteiger partial charge in [-0.1, -0.05) is 25.0 Å². The Morgan fingerprint density at radius 3 is 2.71 bits per heavy atom. The minimum Gasteiger partial charge on any atom is -0.334 e. The Hall–Kier alpha value is -1.88. The number of thiophene rings is 1. The van der Waals surface area contributed by atoms with Crippen molar-refractivity contribution in [1.82, 2.24) is 10.2 Å². The maximum atomic E-state index is 13.0. The molecule has 2 amide bonds. The highest BCUT2D eigenvalue weighted by molar-refractivity contribution is 7.12. The monoisotopic (exact) mass is 346 g/mol. The number of urea groups is 1. The summed E-state index contributed by atoms with van der Waals surface area (Å²) >= 11 is 1.78. The van der Waals surface area contributed by atoms with Crippen LogP contribution in [0.15, 0.2) is 36.4 Å². The first-order valence-corrected chi connectivity index (χ1v) is 9.30. The van der Waals surface area contributed by atoms with Crippen LogP contribution in [-0.4, -0.2) is 17.5 Å². The van der Waals surface area contributed by atoms with E-state index in [0.29, 0.717) is 6.54 Å². The first-order chi connectivity index (χ1) is 11.6. The summed E-state index contributed by atoms with van der Waals surface area (Å²) < 4.78 is 13.0. The van der Waals surface area contributed by atoms with Crippen molar-refractivity contribution in [2.45, 2.75) is 45.2 Å². The highest BCUT2D eigenvalue weighted by Crippen LogP contribution is 2.34. The lowest BCUT2D eigenvalue weighted by molar-refractivity contribution is 0.176. The Bertz CT molecular complexity index is 683. The predicted octanol–water partition coefficient (Wildman–Crippen LogP) is 5.02. The van der Waals surface area contributed by atoms with Crippen molar-refractivity contribution < 1.29 is 9.18 Å². The van der Waals surface area contributed by atoms with Gasteiger partial charge in [-0.25, -0.2) is 9.18 Å². The molecule has 0 spiro atoms. The van der Waals surface area contributed by atoms with E-state index in [1.807, 2.05) is 4.90 Å². The second-order valence-corrected chi connectivity index (χ2v) is 7.61. The Balaban J connectivity index is 1.68. The molecule has 1 saturated heterocycles. The second-order valence-electron chi connectivity index (χ2n) is 6.29. The first-order valence-electron chi connectivity index (χ1n) is 8.49. The van der Waals surface area contributed by atoms with Gasteiger partial charge in [0.05, 0.1) is 6.04 Å². The number of hydrogen-bond donors (Lipinski definition) is 1. The van der Waals surface area contributed by atoms with Gasteiger partial charge in [0.2, 0.25) is 0 Å². The molecule has 0 radical (unpaired) electrons. The van der Waals surface area contributed by atoms with Crippen LogP contribution in [0.3, 0.4) is 0 Å². The lowest BCUT2D eigenvalue weighted by atomic mass is 10.1. The average Bonchev–Trinajstić information content (AvgIpc) is 2.86. The molecule has 0 saturated carbocycles. The average molecular weight is 346 g/mol. The van der Waals surface area contributed by atoms with Gasteiger partial charge in [-0.3, -0.25) is 0 Å². The van der Waals surface area contributed by atoms with Gasteiger partial charge in [0, 0.05) is 22.8 Å². The smallest absolute Gasteiger partial charge is 0.318 e. The molecular formula is C19H23FN2OS. The third kappa shape index (κ3) is 4.15. The van der Waals surface area contributed by atoms with Crippen LogP contribution in [0.25, 0.3) is 0 Å². The third-order valence-corrected chi connectivity index (χ3v) is 5.56. The van der Waals surface area contributed by atoms with E-state index in [1.165, 1.54) is 28.3 Å². The fraction of sp³-hybridized carbons (Fsp3) is 0.421. The van der Waals surface area contributed by atoms with E-state index in [1.54, 1.807) is 23.5 Å². The van der Waals surface area contributed by atoms with Gasteiger partial charge in [-0.15, -0.1) is 11.3 Å². The van der Waals surface area contributed by atoms with Crippen molar-refractivity contribution in [2.75, 3.05) is 6.54 Å². The number of rotatable bonds is 3. The van der Waals surface area contributed by atoms with E-state index >= 15 is 0 Å². The zero-order valence-electron chi connectivity index (χ0n) is 13.9. The molecule has 24 heavy (non-hydrogen) atoms. The zero-order valence-corrected chi connectivity index (χ0v) is 14.7. The van der Waals surface area contributed by atoms with Gasteiger partial charge in [0.15, 0.2) is 0 Å². The van der Waals surface area contributed by atoms with Gasteiger partial charge in [-0.2, -0.15) is 0 Å². The maximum absolute atomic E-state index is 13.0. The molecule has 1 aromatic carbocycles. The first kappa shape index (κ1) is 17.0. The molecule has 5 heteroatoms. The summed E-state index contributed by atoms with van der Waals surface area (Å²) in [7, 11) is 0. The molecule has 2 heterocycles. The number of halogens is 1. The molecule has 1 N–H and O–H groups in total. The Morgan fingerprint density at radius 1 is 1.21 bits per heavy atom. The molecule has 0 bridgehead atoms. The number of aryl methyl sites for hydroxylation is 1. The number of hydrogen-bond acceptors (Lipinski definition) is 2. The molecule has 1 aromatic heterocycles. The highest BCUT2D eigenvalue weighted by Gasteiger charge is 2.27. The van der Waals surface area contributed by atoms with Crippen molar-refractivity contribution in [1.29, 1.82) is 0 Å². The van der Waals surface area contributed by atoms with E-state index in [9.17, 15) is 9.18 Å². The fourth-order valence-electron chi connectivity index (χ4n) is 3.16. The Morgan fingerprint density at radius 2 is 2.00 bits per heavy atom. The van der Waals surface area contributed by atoms with Crippen molar-refractivity contribution in [3.05, 3.63) is 57.5 Å². The van der Waals surface area contributed by atoms with Crippen LogP contribution in [-0.2, 0) is 6.54 Å². The predicted molar refractivity (Wildman–Crippen MR) is 95.6 cm³/mol. The van der Waals surface area contributed by atoms with E-state index < -0.39 is 0 Å². The van der Waals surface area contributed by atoms with E-state index in [-0.39, 0.29) is 17.9 Å². The SMILES string of the molecule is Cc1ccc([C@H]2CCCCCN2C(=O)NCc2ccc(F)cc2)s1. The van der Waals surface area contributed by atoms with Crippen molar-refractivity contribution in [3.63, 3.8) is 0 Å². The van der Waals surface area contributed by atoms with Crippen molar-refractivity contribution in [3.8, 4) is 0 Å². The van der Waals surface area contributed by atoms with Crippen LogP contribution in [0.1, 0.15) is 47.0 Å². The minimum absolute atomic E-state index is 0.0303. The molecule has 2 aromatic rings. The molecule has 0 unspecified atom stereocenters. The third-order valence-electron chi connectivity index (χ3n) is 4.46. The van der Waals surface area contributed by atoms with Crippen LogP contribution in [0, 0.1) is 12.7 Å². The number of nitrogens with one attached hydrogen (secondary N) is 1. The highest BCUT2D eigenvalue weighted by atomic mass is 32.1. The zero-order chi connectivity index (χ0) is 16.9. The summed E-state index contributed by atoms with van der Waals surface area (Å²) in [6, 6.07) is 10.7. The summed E-state index contributed by atoms with van der Waals surface area (Å²) in [5.41, 5.74) is 0.906. The topological polar surface area (TPSA) is 32.3 Å². The number of carbonyl (C=O) groups excluding carboxylic acids is 1. The number of likely N-dealkylation sites (tertiary alicyclic amines) is 1. The Labute approximate surface area is 146 Å². The molecule has 1 atom stereocenters. The number of amides is 2. The molecule has 1 fully saturated rings. The van der Waals surface area contributed by atoms with Crippen LogP contribution < -0.4 is 5.32 Å². The van der Waals surface area contributed by atoms with Crippen LogP contribution in [0.4, 0.5) is 9.18 Å². The molecular weight excluding hydrogens is 323 g/mol. The largest absolute Gasteiger partial charge is 0.334 e. The lowest BCUT2D eigenvalue weighted by Gasteiger charge is -2.29. The summed E-state index contributed by atoms with van der Waals surface area (Å²) in [6.45, 7) is 3.31. The van der Waals surface area contributed by atoms with Crippen LogP contribution in [0.5, 0.6) is 0 Å². The van der Waals surface area contributed by atoms with Gasteiger partial charge in [0.25, 0.3) is 0 Å². The minimum atomic E-state index is -0.259. The molecule has 1 aliphatic rings. The van der Waals surface area contributed by atoms with Gasteiger partial charge in [-0.05, 0) is 49.6 Å². The van der Waals surface area contributed by atoms with Gasteiger partial charge >= 0.3 is 6.03 Å². The summed E-state index contributed by atoms with van der Waals surface area (Å²) in [6.07, 6.45) is 4.39. The molecule has 3 nitrogen and oxygen atoms in total. The van der Waals surface area contributed by atoms with E-state index in [0.717, 1.165) is 31.4 Å². The fourth-order valence-corrected chi connectivity index (χ4v) is 4.19. The summed E-state index contributed by atoms with van der Waals surface area (Å²) in [4.78, 5) is 17.2. The van der Waals surface area contributed by atoms with Crippen molar-refractivity contribution >= 4 is 17.4 Å².